The van der Waals surface area contributed by atoms with Crippen molar-refractivity contribution in [3.63, 3.8) is 0 Å². The maximum Gasteiger partial charge on any atom is 0.312 e. The lowest BCUT2D eigenvalue weighted by Crippen LogP contribution is -2.61. The second kappa shape index (κ2) is 39.0. The molecule has 4 N–H and O–H groups in total. The molecule has 0 aromatic heterocycles. The van der Waals surface area contributed by atoms with Crippen molar-refractivity contribution >= 4 is 23.9 Å². The molecule has 12 nitrogen and oxygen atoms in total. The molecule has 564 valence electrons. The smallest absolute Gasteiger partial charge is 0.312 e. The standard InChI is InChI=1S/C16H26O3.2C14H26O2.C13H24O2.3C10H14O/c1-4-14(2,3)13(17)19-16-8-11-5-12(9-16)7-15(18,6-11)10-16;2*1-6-13(4,5)12(15)16-14(11(2)3)9-7-8-10-14;1-5-12(3,4)11(14)15-13(6-2)9-7-8-10-13;3*1-3-8(2)9-4-6-10(11)7-5-9/h11-12,18H,4-10H2,1-3H3;2*11H,6-10H2,1-5H3;5-10H2,1-4H3;3*4-8,11H,3H2,1-2H3. The van der Waals surface area contributed by atoms with Crippen LogP contribution in [0.3, 0.4) is 0 Å². The van der Waals surface area contributed by atoms with Gasteiger partial charge in [-0.1, -0.05) is 140 Å². The maximum absolute atomic E-state index is 12.4. The van der Waals surface area contributed by atoms with Crippen LogP contribution in [0, 0.1) is 45.3 Å². The largest absolute Gasteiger partial charge is 0.508 e. The van der Waals surface area contributed by atoms with E-state index in [2.05, 4.69) is 76.2 Å². The Morgan fingerprint density at radius 1 is 0.404 bits per heavy atom. The van der Waals surface area contributed by atoms with Gasteiger partial charge in [-0.2, -0.15) is 0 Å². The highest BCUT2D eigenvalue weighted by Gasteiger charge is 2.60. The lowest BCUT2D eigenvalue weighted by molar-refractivity contribution is -0.225. The normalized spacial score (nSPS) is 22.4. The van der Waals surface area contributed by atoms with E-state index in [1.165, 1.54) is 61.6 Å². The minimum absolute atomic E-state index is 0.0197. The third-order valence-electron chi connectivity index (χ3n) is 24.3. The van der Waals surface area contributed by atoms with Crippen molar-refractivity contribution in [3.05, 3.63) is 89.5 Å². The molecular formula is C87H144O12. The number of phenols is 3. The number of ether oxygens (including phenoxy) is 4. The van der Waals surface area contributed by atoms with E-state index in [4.69, 9.17) is 34.3 Å². The molecule has 5 atom stereocenters. The van der Waals surface area contributed by atoms with Crippen LogP contribution in [-0.2, 0) is 38.1 Å². The first-order valence-electron chi connectivity index (χ1n) is 39.1. The predicted molar refractivity (Wildman–Crippen MR) is 407 cm³/mol. The lowest BCUT2D eigenvalue weighted by Gasteiger charge is -2.59. The van der Waals surface area contributed by atoms with Crippen molar-refractivity contribution in [3.8, 4) is 17.2 Å². The fourth-order valence-corrected chi connectivity index (χ4v) is 14.3. The van der Waals surface area contributed by atoms with Crippen LogP contribution in [-0.4, -0.2) is 72.3 Å². The van der Waals surface area contributed by atoms with Gasteiger partial charge in [-0.25, -0.2) is 0 Å². The average molecular weight is 1380 g/mol. The first kappa shape index (κ1) is 88.1. The van der Waals surface area contributed by atoms with Crippen molar-refractivity contribution in [2.24, 2.45) is 45.3 Å². The van der Waals surface area contributed by atoms with E-state index in [-0.39, 0.29) is 62.5 Å². The molecule has 3 aromatic carbocycles. The Morgan fingerprint density at radius 2 is 0.667 bits per heavy atom. The van der Waals surface area contributed by atoms with Crippen LogP contribution in [0.4, 0.5) is 0 Å². The number of hydrogen-bond donors (Lipinski definition) is 4. The van der Waals surface area contributed by atoms with E-state index in [1.54, 1.807) is 36.4 Å². The number of esters is 4. The summed E-state index contributed by atoms with van der Waals surface area (Å²) in [7, 11) is 0. The number of phenolic OH excluding ortho intramolecular Hbond substituents is 3. The van der Waals surface area contributed by atoms with Gasteiger partial charge in [0.2, 0.25) is 0 Å². The topological polar surface area (TPSA) is 186 Å². The highest BCUT2D eigenvalue weighted by Crippen LogP contribution is 2.59. The number of benzene rings is 3. The zero-order chi connectivity index (χ0) is 75.0. The Morgan fingerprint density at radius 3 is 0.909 bits per heavy atom. The summed E-state index contributed by atoms with van der Waals surface area (Å²) in [5.74, 6) is 4.63. The van der Waals surface area contributed by atoms with E-state index in [1.807, 2.05) is 119 Å². The molecule has 4 bridgehead atoms. The van der Waals surface area contributed by atoms with Crippen molar-refractivity contribution < 1.29 is 58.6 Å². The van der Waals surface area contributed by atoms with E-state index in [9.17, 15) is 24.3 Å². The summed E-state index contributed by atoms with van der Waals surface area (Å²) >= 11 is 0. The van der Waals surface area contributed by atoms with Gasteiger partial charge < -0.3 is 39.4 Å². The van der Waals surface area contributed by atoms with Crippen LogP contribution < -0.4 is 0 Å². The quantitative estimate of drug-likeness (QED) is 0.0585. The molecule has 7 fully saturated rings. The molecule has 0 radical (unpaired) electrons. The Hall–Kier alpha value is -5.10. The molecule has 0 saturated heterocycles. The molecule has 0 heterocycles. The second-order valence-corrected chi connectivity index (χ2v) is 34.2. The SMILES string of the molecule is CCC(C)(C)C(=O)OC1(C(C)C)CCCC1.CCC(C)(C)C(=O)OC1(C(C)C)CCCC1.CCC(C)(C)C(=O)OC12CC3CC(CC(O)(C3)C1)C2.CCC(C)c1ccc(O)cc1.CCC(C)c1ccc(O)cc1.CCC(C)c1ccc(O)cc1.CCC1(OC(=O)C(C)(C)CC)CCCC1. The average Bonchev–Trinajstić information content (AvgIpc) is 1.45. The molecule has 0 spiro atoms. The zero-order valence-corrected chi connectivity index (χ0v) is 66.9. The number of carbonyl (C=O) groups excluding carboxylic acids is 4. The second-order valence-electron chi connectivity index (χ2n) is 34.2. The predicted octanol–water partition coefficient (Wildman–Crippen LogP) is 23.3. The van der Waals surface area contributed by atoms with Gasteiger partial charge in [0.15, 0.2) is 0 Å². The van der Waals surface area contributed by atoms with Gasteiger partial charge in [-0.15, -0.1) is 0 Å². The third kappa shape index (κ3) is 26.3. The molecule has 7 saturated carbocycles. The van der Waals surface area contributed by atoms with Crippen LogP contribution in [0.2, 0.25) is 0 Å². The van der Waals surface area contributed by atoms with Gasteiger partial charge >= 0.3 is 23.9 Å². The zero-order valence-electron chi connectivity index (χ0n) is 66.9. The van der Waals surface area contributed by atoms with Gasteiger partial charge in [0, 0.05) is 6.42 Å². The van der Waals surface area contributed by atoms with Crippen molar-refractivity contribution in [2.45, 2.75) is 372 Å². The Labute approximate surface area is 603 Å². The molecule has 10 rings (SSSR count). The van der Waals surface area contributed by atoms with E-state index in [0.29, 0.717) is 65.1 Å². The summed E-state index contributed by atoms with van der Waals surface area (Å²) < 4.78 is 23.5. The minimum atomic E-state index is -0.555. The van der Waals surface area contributed by atoms with Crippen LogP contribution >= 0.6 is 0 Å². The van der Waals surface area contributed by atoms with E-state index >= 15 is 0 Å². The molecule has 3 aromatic rings. The van der Waals surface area contributed by atoms with Gasteiger partial charge in [-0.3, -0.25) is 19.2 Å². The first-order chi connectivity index (χ1) is 46.1. The number of rotatable bonds is 21. The monoisotopic (exact) mass is 1380 g/mol. The minimum Gasteiger partial charge on any atom is -0.508 e. The van der Waals surface area contributed by atoms with Crippen molar-refractivity contribution in [1.82, 2.24) is 0 Å². The molecule has 12 heteroatoms. The van der Waals surface area contributed by atoms with Gasteiger partial charge in [-0.05, 0) is 310 Å². The number of hydrogen-bond acceptors (Lipinski definition) is 12. The number of carbonyl (C=O) groups is 4. The van der Waals surface area contributed by atoms with Crippen LogP contribution in [0.5, 0.6) is 17.2 Å². The van der Waals surface area contributed by atoms with Crippen molar-refractivity contribution in [2.75, 3.05) is 0 Å². The van der Waals surface area contributed by atoms with E-state index < -0.39 is 11.0 Å². The van der Waals surface area contributed by atoms with Crippen LogP contribution in [0.25, 0.3) is 0 Å². The summed E-state index contributed by atoms with van der Waals surface area (Å²) in [6.07, 6.45) is 26.8. The molecule has 99 heavy (non-hydrogen) atoms. The Balaban J connectivity index is 0.000000303. The summed E-state index contributed by atoms with van der Waals surface area (Å²) in [5.41, 5.74) is 1.06. The molecule has 7 aliphatic carbocycles. The summed E-state index contributed by atoms with van der Waals surface area (Å²) in [6.45, 7) is 47.7. The van der Waals surface area contributed by atoms with Gasteiger partial charge in [0.05, 0.1) is 27.3 Å². The summed E-state index contributed by atoms with van der Waals surface area (Å²) in [6, 6.07) is 22.3. The van der Waals surface area contributed by atoms with Crippen molar-refractivity contribution in [1.29, 1.82) is 0 Å². The third-order valence-corrected chi connectivity index (χ3v) is 24.3. The fourth-order valence-electron chi connectivity index (χ4n) is 14.3. The molecular weight excluding hydrogens is 1240 g/mol. The molecule has 0 aliphatic heterocycles. The molecule has 7 aliphatic rings. The number of aliphatic hydroxyl groups is 1. The molecule has 5 unspecified atom stereocenters. The molecule has 0 amide bonds. The highest BCUT2D eigenvalue weighted by atomic mass is 16.6. The Kier molecular flexibility index (Phi) is 34.7. The van der Waals surface area contributed by atoms with E-state index in [0.717, 1.165) is 116 Å². The van der Waals surface area contributed by atoms with Crippen LogP contribution in [0.15, 0.2) is 72.8 Å². The summed E-state index contributed by atoms with van der Waals surface area (Å²) in [5, 5.41) is 37.7. The summed E-state index contributed by atoms with van der Waals surface area (Å²) in [4.78, 5) is 48.7. The highest BCUT2D eigenvalue weighted by molar-refractivity contribution is 5.78. The fraction of sp³-hybridized carbons (Fsp3) is 0.747. The number of aromatic hydroxyl groups is 3. The lowest BCUT2D eigenvalue weighted by atomic mass is 9.52. The maximum atomic E-state index is 12.4. The van der Waals surface area contributed by atoms with Gasteiger partial charge in [0.1, 0.15) is 39.7 Å². The Bertz CT molecular complexity index is 2650. The van der Waals surface area contributed by atoms with Gasteiger partial charge in [0.25, 0.3) is 0 Å². The first-order valence-corrected chi connectivity index (χ1v) is 39.1. The van der Waals surface area contributed by atoms with Crippen LogP contribution in [0.1, 0.15) is 361 Å².